The SMILES string of the molecule is Cc1ccc(CS(=O)(=O)O)cc1.OCCO. The smallest absolute Gasteiger partial charge is 0.269 e. The van der Waals surface area contributed by atoms with Gasteiger partial charge in [-0.15, -0.1) is 0 Å². The molecule has 1 aromatic rings. The first-order chi connectivity index (χ1) is 7.39. The summed E-state index contributed by atoms with van der Waals surface area (Å²) in [5.41, 5.74) is 1.66. The van der Waals surface area contributed by atoms with Crippen molar-refractivity contribution < 1.29 is 23.2 Å². The molecule has 0 aliphatic heterocycles. The number of aryl methyl sites for hydroxylation is 1. The minimum atomic E-state index is -3.89. The molecule has 0 spiro atoms. The van der Waals surface area contributed by atoms with E-state index < -0.39 is 10.1 Å². The minimum Gasteiger partial charge on any atom is -0.394 e. The summed E-state index contributed by atoms with van der Waals surface area (Å²) in [7, 11) is -3.89. The van der Waals surface area contributed by atoms with Gasteiger partial charge in [0.2, 0.25) is 0 Å². The van der Waals surface area contributed by atoms with E-state index in [1.807, 2.05) is 6.92 Å². The van der Waals surface area contributed by atoms with Crippen LogP contribution in [0.1, 0.15) is 11.1 Å². The molecule has 92 valence electrons. The van der Waals surface area contributed by atoms with Gasteiger partial charge in [0.05, 0.1) is 13.2 Å². The van der Waals surface area contributed by atoms with E-state index in [1.165, 1.54) is 0 Å². The normalized spacial score (nSPS) is 10.5. The van der Waals surface area contributed by atoms with Crippen LogP contribution in [0.5, 0.6) is 0 Å². The molecule has 1 aromatic carbocycles. The fourth-order valence-electron chi connectivity index (χ4n) is 0.895. The Balaban J connectivity index is 0.000000487. The van der Waals surface area contributed by atoms with E-state index >= 15 is 0 Å². The monoisotopic (exact) mass is 248 g/mol. The molecule has 0 saturated carbocycles. The molecule has 0 aliphatic carbocycles. The number of hydrogen-bond acceptors (Lipinski definition) is 4. The Morgan fingerprint density at radius 3 is 1.81 bits per heavy atom. The van der Waals surface area contributed by atoms with Gasteiger partial charge in [0, 0.05) is 0 Å². The molecule has 0 unspecified atom stereocenters. The van der Waals surface area contributed by atoms with Gasteiger partial charge in [-0.2, -0.15) is 8.42 Å². The lowest BCUT2D eigenvalue weighted by Crippen LogP contribution is -2.01. The lowest BCUT2D eigenvalue weighted by molar-refractivity contribution is 0.186. The second-order valence-corrected chi connectivity index (χ2v) is 4.61. The molecular formula is C10H16O5S. The quantitative estimate of drug-likeness (QED) is 0.671. The lowest BCUT2D eigenvalue weighted by Gasteiger charge is -1.97. The van der Waals surface area contributed by atoms with Gasteiger partial charge >= 0.3 is 0 Å². The van der Waals surface area contributed by atoms with Crippen LogP contribution >= 0.6 is 0 Å². The highest BCUT2D eigenvalue weighted by atomic mass is 32.2. The first kappa shape index (κ1) is 15.0. The molecule has 0 bridgehead atoms. The molecule has 5 nitrogen and oxygen atoms in total. The van der Waals surface area contributed by atoms with E-state index in [2.05, 4.69) is 0 Å². The maximum Gasteiger partial charge on any atom is 0.269 e. The van der Waals surface area contributed by atoms with Crippen molar-refractivity contribution in [2.45, 2.75) is 12.7 Å². The molecular weight excluding hydrogens is 232 g/mol. The maximum absolute atomic E-state index is 10.4. The average molecular weight is 248 g/mol. The second kappa shape index (κ2) is 7.34. The van der Waals surface area contributed by atoms with Crippen LogP contribution in [0.4, 0.5) is 0 Å². The zero-order valence-electron chi connectivity index (χ0n) is 9.00. The summed E-state index contributed by atoms with van der Waals surface area (Å²) in [4.78, 5) is 0. The van der Waals surface area contributed by atoms with Crippen molar-refractivity contribution >= 4 is 10.1 Å². The van der Waals surface area contributed by atoms with Gasteiger partial charge < -0.3 is 10.2 Å². The maximum atomic E-state index is 10.4. The molecule has 0 fully saturated rings. The summed E-state index contributed by atoms with van der Waals surface area (Å²) < 4.78 is 29.4. The molecule has 0 atom stereocenters. The van der Waals surface area contributed by atoms with E-state index in [1.54, 1.807) is 24.3 Å². The summed E-state index contributed by atoms with van der Waals surface area (Å²) in [5.74, 6) is -0.312. The van der Waals surface area contributed by atoms with Crippen molar-refractivity contribution in [1.29, 1.82) is 0 Å². The molecule has 0 aliphatic rings. The van der Waals surface area contributed by atoms with Crippen molar-refractivity contribution in [2.24, 2.45) is 0 Å². The Labute approximate surface area is 95.1 Å². The number of aliphatic hydroxyl groups is 2. The Bertz CT molecular complexity index is 380. The van der Waals surface area contributed by atoms with Crippen LogP contribution in [0.15, 0.2) is 24.3 Å². The molecule has 1 rings (SSSR count). The Morgan fingerprint density at radius 2 is 1.50 bits per heavy atom. The molecule has 3 N–H and O–H groups in total. The van der Waals surface area contributed by atoms with E-state index in [4.69, 9.17) is 14.8 Å². The summed E-state index contributed by atoms with van der Waals surface area (Å²) in [6.45, 7) is 1.66. The zero-order chi connectivity index (χ0) is 12.6. The van der Waals surface area contributed by atoms with Crippen molar-refractivity contribution in [2.75, 3.05) is 13.2 Å². The molecule has 0 radical (unpaired) electrons. The van der Waals surface area contributed by atoms with E-state index in [0.29, 0.717) is 5.56 Å². The first-order valence-corrected chi connectivity index (χ1v) is 6.22. The van der Waals surface area contributed by atoms with Crippen molar-refractivity contribution in [3.05, 3.63) is 35.4 Å². The number of rotatable bonds is 3. The Kier molecular flexibility index (Phi) is 6.91. The van der Waals surface area contributed by atoms with Crippen LogP contribution in [0.25, 0.3) is 0 Å². The largest absolute Gasteiger partial charge is 0.394 e. The Morgan fingerprint density at radius 1 is 1.06 bits per heavy atom. The van der Waals surface area contributed by atoms with Gasteiger partial charge in [0.25, 0.3) is 10.1 Å². The number of hydrogen-bond donors (Lipinski definition) is 3. The van der Waals surface area contributed by atoms with Crippen LogP contribution < -0.4 is 0 Å². The second-order valence-electron chi connectivity index (χ2n) is 3.16. The fraction of sp³-hybridized carbons (Fsp3) is 0.400. The standard InChI is InChI=1S/C8H10O3S.C2H6O2/c1-7-2-4-8(5-3-7)6-12(9,10)11;3-1-2-4/h2-5H,6H2,1H3,(H,9,10,11);3-4H,1-2H2. The molecule has 0 amide bonds. The molecule has 0 aromatic heterocycles. The van der Waals surface area contributed by atoms with Crippen LogP contribution in [-0.4, -0.2) is 36.4 Å². The third-order valence-corrected chi connectivity index (χ3v) is 2.27. The van der Waals surface area contributed by atoms with Crippen molar-refractivity contribution in [3.63, 3.8) is 0 Å². The summed E-state index contributed by atoms with van der Waals surface area (Å²) in [6.07, 6.45) is 0. The van der Waals surface area contributed by atoms with Crippen molar-refractivity contribution in [1.82, 2.24) is 0 Å². The van der Waals surface area contributed by atoms with Gasteiger partial charge in [-0.25, -0.2) is 0 Å². The highest BCUT2D eigenvalue weighted by molar-refractivity contribution is 7.85. The van der Waals surface area contributed by atoms with E-state index in [-0.39, 0.29) is 19.0 Å². The predicted molar refractivity (Wildman–Crippen MR) is 60.6 cm³/mol. The topological polar surface area (TPSA) is 94.8 Å². The summed E-state index contributed by atoms with van der Waals surface area (Å²) >= 11 is 0. The van der Waals surface area contributed by atoms with Crippen molar-refractivity contribution in [3.8, 4) is 0 Å². The highest BCUT2D eigenvalue weighted by Gasteiger charge is 2.04. The van der Waals surface area contributed by atoms with Gasteiger partial charge in [0.15, 0.2) is 0 Å². The van der Waals surface area contributed by atoms with Crippen LogP contribution in [0.3, 0.4) is 0 Å². The summed E-state index contributed by atoms with van der Waals surface area (Å²) in [5, 5.41) is 15.2. The lowest BCUT2D eigenvalue weighted by atomic mass is 10.2. The zero-order valence-corrected chi connectivity index (χ0v) is 9.81. The predicted octanol–water partition coefficient (Wildman–Crippen LogP) is 0.354. The summed E-state index contributed by atoms with van der Waals surface area (Å²) in [6, 6.07) is 6.98. The van der Waals surface area contributed by atoms with E-state index in [0.717, 1.165) is 5.56 Å². The average Bonchev–Trinajstić information content (AvgIpc) is 2.20. The third kappa shape index (κ3) is 8.37. The van der Waals surface area contributed by atoms with Gasteiger partial charge in [-0.1, -0.05) is 29.8 Å². The number of benzene rings is 1. The molecule has 0 saturated heterocycles. The fourth-order valence-corrected chi connectivity index (χ4v) is 1.51. The van der Waals surface area contributed by atoms with Gasteiger partial charge in [-0.05, 0) is 12.5 Å². The Hall–Kier alpha value is -0.950. The first-order valence-electron chi connectivity index (χ1n) is 4.61. The van der Waals surface area contributed by atoms with E-state index in [9.17, 15) is 8.42 Å². The van der Waals surface area contributed by atoms with Crippen LogP contribution in [-0.2, 0) is 15.9 Å². The minimum absolute atomic E-state index is 0.125. The molecule has 6 heteroatoms. The van der Waals surface area contributed by atoms with Crippen LogP contribution in [0.2, 0.25) is 0 Å². The van der Waals surface area contributed by atoms with Crippen LogP contribution in [0, 0.1) is 6.92 Å². The highest BCUT2D eigenvalue weighted by Crippen LogP contribution is 2.06. The molecule has 0 heterocycles. The van der Waals surface area contributed by atoms with Gasteiger partial charge in [0.1, 0.15) is 5.75 Å². The third-order valence-electron chi connectivity index (χ3n) is 1.57. The van der Waals surface area contributed by atoms with Gasteiger partial charge in [-0.3, -0.25) is 4.55 Å². The molecule has 16 heavy (non-hydrogen) atoms. The number of aliphatic hydroxyl groups excluding tert-OH is 2.